The molecule has 3 aliphatic heterocycles. The normalized spacial score (nSPS) is 24.7. The Kier molecular flexibility index (Phi) is 3.83. The fourth-order valence-corrected chi connectivity index (χ4v) is 5.03. The van der Waals surface area contributed by atoms with Gasteiger partial charge in [-0.25, -0.2) is 4.79 Å². The van der Waals surface area contributed by atoms with Crippen LogP contribution in [0.25, 0.3) is 0 Å². The number of halogens is 2. The molecule has 0 radical (unpaired) electrons. The Hall–Kier alpha value is -2.03. The zero-order valence-electron chi connectivity index (χ0n) is 13.2. The third-order valence-electron chi connectivity index (χ3n) is 4.57. The SMILES string of the molecule is CC1=C(C(=O)O)N2C(=O)C(N3C(=O)c4cc(Cl)c(Cl)cc4C3=O)[C@H]2SC1. The average Bonchev–Trinajstić information content (AvgIpc) is 2.80. The molecule has 0 bridgehead atoms. The molecule has 0 aromatic heterocycles. The molecule has 1 unspecified atom stereocenters. The second-order valence-corrected chi connectivity index (χ2v) is 8.00. The summed E-state index contributed by atoms with van der Waals surface area (Å²) in [6.45, 7) is 1.64. The summed E-state index contributed by atoms with van der Waals surface area (Å²) >= 11 is 13.2. The van der Waals surface area contributed by atoms with Gasteiger partial charge in [0.2, 0.25) is 0 Å². The van der Waals surface area contributed by atoms with E-state index in [2.05, 4.69) is 0 Å². The lowest BCUT2D eigenvalue weighted by Crippen LogP contribution is -2.71. The highest BCUT2D eigenvalue weighted by molar-refractivity contribution is 8.00. The first-order chi connectivity index (χ1) is 12.2. The van der Waals surface area contributed by atoms with Gasteiger partial charge in [-0.15, -0.1) is 11.8 Å². The Balaban J connectivity index is 1.71. The van der Waals surface area contributed by atoms with Crippen molar-refractivity contribution in [2.75, 3.05) is 5.75 Å². The Morgan fingerprint density at radius 2 is 1.65 bits per heavy atom. The molecule has 1 saturated heterocycles. The molecule has 10 heteroatoms. The third-order valence-corrected chi connectivity index (χ3v) is 6.70. The van der Waals surface area contributed by atoms with E-state index in [9.17, 15) is 24.3 Å². The lowest BCUT2D eigenvalue weighted by molar-refractivity contribution is -0.151. The van der Waals surface area contributed by atoms with Crippen molar-refractivity contribution in [1.29, 1.82) is 0 Å². The van der Waals surface area contributed by atoms with E-state index in [0.717, 1.165) is 9.80 Å². The first-order valence-electron chi connectivity index (χ1n) is 7.48. The number of rotatable bonds is 2. The summed E-state index contributed by atoms with van der Waals surface area (Å²) in [4.78, 5) is 51.5. The summed E-state index contributed by atoms with van der Waals surface area (Å²) in [5, 5.41) is 9.02. The van der Waals surface area contributed by atoms with Gasteiger partial charge in [0, 0.05) is 5.75 Å². The van der Waals surface area contributed by atoms with Crippen LogP contribution >= 0.6 is 35.0 Å². The Labute approximate surface area is 161 Å². The van der Waals surface area contributed by atoms with E-state index < -0.39 is 35.1 Å². The Morgan fingerprint density at radius 1 is 1.12 bits per heavy atom. The number of carbonyl (C=O) groups excluding carboxylic acids is 3. The number of nitrogens with zero attached hydrogens (tertiary/aromatic N) is 2. The molecular formula is C16H10Cl2N2O5S. The number of thioether (sulfide) groups is 1. The number of hydrogen-bond acceptors (Lipinski definition) is 5. The van der Waals surface area contributed by atoms with Gasteiger partial charge in [0.25, 0.3) is 17.7 Å². The fourth-order valence-electron chi connectivity index (χ4n) is 3.37. The monoisotopic (exact) mass is 412 g/mol. The van der Waals surface area contributed by atoms with Gasteiger partial charge in [-0.3, -0.25) is 24.2 Å². The number of imide groups is 1. The summed E-state index contributed by atoms with van der Waals surface area (Å²) in [5.41, 5.74) is 0.646. The zero-order chi connectivity index (χ0) is 18.9. The number of benzene rings is 1. The second-order valence-electron chi connectivity index (χ2n) is 6.08. The molecule has 3 heterocycles. The number of carboxylic acid groups (broad SMARTS) is 1. The molecule has 1 aromatic carbocycles. The topological polar surface area (TPSA) is 95.0 Å². The maximum Gasteiger partial charge on any atom is 0.352 e. The van der Waals surface area contributed by atoms with Gasteiger partial charge < -0.3 is 5.11 Å². The number of β-lactam (4-membered cyclic amide) rings is 1. The zero-order valence-corrected chi connectivity index (χ0v) is 15.5. The number of carboxylic acids is 1. The van der Waals surface area contributed by atoms with Gasteiger partial charge in [0.1, 0.15) is 17.1 Å². The molecule has 3 aliphatic rings. The average molecular weight is 413 g/mol. The third kappa shape index (κ3) is 2.15. The van der Waals surface area contributed by atoms with E-state index in [0.29, 0.717) is 11.3 Å². The van der Waals surface area contributed by atoms with Gasteiger partial charge in [-0.1, -0.05) is 23.2 Å². The van der Waals surface area contributed by atoms with Crippen molar-refractivity contribution in [3.05, 3.63) is 44.6 Å². The highest BCUT2D eigenvalue weighted by Crippen LogP contribution is 2.44. The van der Waals surface area contributed by atoms with Crippen molar-refractivity contribution in [3.63, 3.8) is 0 Å². The van der Waals surface area contributed by atoms with Gasteiger partial charge >= 0.3 is 5.97 Å². The molecule has 0 spiro atoms. The maximum atomic E-state index is 12.7. The van der Waals surface area contributed by atoms with E-state index in [-0.39, 0.29) is 26.9 Å². The predicted octanol–water partition coefficient (Wildman–Crippen LogP) is 2.23. The number of hydrogen-bond donors (Lipinski definition) is 1. The van der Waals surface area contributed by atoms with Gasteiger partial charge in [-0.2, -0.15) is 0 Å². The smallest absolute Gasteiger partial charge is 0.352 e. The number of aliphatic carboxylic acids is 1. The minimum atomic E-state index is -1.21. The lowest BCUT2D eigenvalue weighted by Gasteiger charge is -2.51. The molecule has 7 nitrogen and oxygen atoms in total. The van der Waals surface area contributed by atoms with Crippen molar-refractivity contribution < 1.29 is 24.3 Å². The van der Waals surface area contributed by atoms with Crippen LogP contribution in [0.3, 0.4) is 0 Å². The fraction of sp³-hybridized carbons (Fsp3) is 0.250. The van der Waals surface area contributed by atoms with E-state index in [1.165, 1.54) is 23.9 Å². The first-order valence-corrected chi connectivity index (χ1v) is 9.29. The number of fused-ring (bicyclic) bond motifs is 2. The minimum Gasteiger partial charge on any atom is -0.477 e. The highest BCUT2D eigenvalue weighted by Gasteiger charge is 2.59. The van der Waals surface area contributed by atoms with Crippen molar-refractivity contribution in [1.82, 2.24) is 9.80 Å². The molecular weight excluding hydrogens is 403 g/mol. The van der Waals surface area contributed by atoms with Gasteiger partial charge in [0.15, 0.2) is 0 Å². The maximum absolute atomic E-state index is 12.7. The second kappa shape index (κ2) is 5.73. The largest absolute Gasteiger partial charge is 0.477 e. The summed E-state index contributed by atoms with van der Waals surface area (Å²) in [6, 6.07) is 1.56. The molecule has 1 N–H and O–H groups in total. The summed E-state index contributed by atoms with van der Waals surface area (Å²) in [7, 11) is 0. The molecule has 1 aromatic rings. The van der Waals surface area contributed by atoms with Crippen LogP contribution in [0.2, 0.25) is 10.0 Å². The van der Waals surface area contributed by atoms with Crippen LogP contribution in [0.1, 0.15) is 27.6 Å². The molecule has 3 amide bonds. The predicted molar refractivity (Wildman–Crippen MR) is 94.2 cm³/mol. The van der Waals surface area contributed by atoms with Crippen molar-refractivity contribution in [3.8, 4) is 0 Å². The Morgan fingerprint density at radius 3 is 2.15 bits per heavy atom. The van der Waals surface area contributed by atoms with Crippen LogP contribution in [0.4, 0.5) is 0 Å². The summed E-state index contributed by atoms with van der Waals surface area (Å²) < 4.78 is 0. The van der Waals surface area contributed by atoms with Crippen LogP contribution in [0, 0.1) is 0 Å². The summed E-state index contributed by atoms with van der Waals surface area (Å²) in [6.07, 6.45) is 0. The Bertz CT molecular complexity index is 919. The quantitative estimate of drug-likeness (QED) is 0.590. The van der Waals surface area contributed by atoms with E-state index in [4.69, 9.17) is 23.2 Å². The number of amides is 3. The van der Waals surface area contributed by atoms with E-state index in [1.807, 2.05) is 0 Å². The molecule has 26 heavy (non-hydrogen) atoms. The van der Waals surface area contributed by atoms with E-state index in [1.54, 1.807) is 6.92 Å². The van der Waals surface area contributed by atoms with Crippen LogP contribution in [-0.2, 0) is 9.59 Å². The summed E-state index contributed by atoms with van der Waals surface area (Å²) in [5.74, 6) is -2.67. The van der Waals surface area contributed by atoms with Crippen LogP contribution in [0.15, 0.2) is 23.4 Å². The molecule has 0 saturated carbocycles. The lowest BCUT2D eigenvalue weighted by atomic mass is 10.0. The van der Waals surface area contributed by atoms with Gasteiger partial charge in [-0.05, 0) is 24.6 Å². The van der Waals surface area contributed by atoms with Crippen LogP contribution in [0.5, 0.6) is 0 Å². The van der Waals surface area contributed by atoms with Crippen LogP contribution < -0.4 is 0 Å². The molecule has 134 valence electrons. The molecule has 1 fully saturated rings. The van der Waals surface area contributed by atoms with E-state index >= 15 is 0 Å². The molecule has 0 aliphatic carbocycles. The van der Waals surface area contributed by atoms with Crippen molar-refractivity contribution in [2.24, 2.45) is 0 Å². The number of carbonyl (C=O) groups is 4. The standard InChI is InChI=1S/C16H10Cl2N2O5S/c1-5-4-26-15-11(14(23)20(15)10(5)16(24)25)19-12(21)6-2-8(17)9(18)3-7(6)13(19)22/h2-3,11,15H,4H2,1H3,(H,24,25)/t11?,15-/m1/s1. The minimum absolute atomic E-state index is 0.0849. The van der Waals surface area contributed by atoms with Crippen molar-refractivity contribution in [2.45, 2.75) is 18.3 Å². The van der Waals surface area contributed by atoms with Crippen LogP contribution in [-0.4, -0.2) is 55.8 Å². The van der Waals surface area contributed by atoms with Crippen molar-refractivity contribution >= 4 is 58.7 Å². The molecule has 2 atom stereocenters. The molecule has 4 rings (SSSR count). The first kappa shape index (κ1) is 17.4. The van der Waals surface area contributed by atoms with Gasteiger partial charge in [0.05, 0.1) is 21.2 Å². The highest BCUT2D eigenvalue weighted by atomic mass is 35.5.